The molecule has 0 radical (unpaired) electrons. The van der Waals surface area contributed by atoms with Gasteiger partial charge in [0.2, 0.25) is 0 Å². The van der Waals surface area contributed by atoms with E-state index in [0.29, 0.717) is 6.42 Å². The fraction of sp³-hybridized carbons (Fsp3) is 1.00. The third-order valence-corrected chi connectivity index (χ3v) is 2.87. The third kappa shape index (κ3) is 10.3. The molecule has 0 aromatic heterocycles. The van der Waals surface area contributed by atoms with Gasteiger partial charge in [0.05, 0.1) is 5.88 Å². The monoisotopic (exact) mass is 222 g/mol. The molecule has 14 heavy (non-hydrogen) atoms. The van der Waals surface area contributed by atoms with Crippen LogP contribution >= 0.6 is 11.6 Å². The van der Waals surface area contributed by atoms with Crippen molar-refractivity contribution < 1.29 is 4.39 Å². The molecule has 0 aromatic rings. The normalized spacial score (nSPS) is 13.1. The molecule has 0 saturated heterocycles. The van der Waals surface area contributed by atoms with Crippen molar-refractivity contribution in [1.29, 1.82) is 0 Å². The lowest BCUT2D eigenvalue weighted by Crippen LogP contribution is -2.00. The number of halogens is 2. The molecule has 0 spiro atoms. The molecule has 0 saturated carbocycles. The molecule has 0 amide bonds. The van der Waals surface area contributed by atoms with E-state index in [2.05, 4.69) is 6.92 Å². The Morgan fingerprint density at radius 1 is 0.929 bits per heavy atom. The molecule has 0 rings (SSSR count). The van der Waals surface area contributed by atoms with Crippen LogP contribution in [0.25, 0.3) is 0 Å². The number of unbranched alkanes of at least 4 members (excludes halogenated alkanes) is 7. The van der Waals surface area contributed by atoms with Gasteiger partial charge in [0, 0.05) is 0 Å². The van der Waals surface area contributed by atoms with Crippen LogP contribution in [0, 0.1) is 0 Å². The van der Waals surface area contributed by atoms with E-state index < -0.39 is 6.17 Å². The van der Waals surface area contributed by atoms with Crippen LogP contribution in [0.1, 0.15) is 64.7 Å². The average molecular weight is 223 g/mol. The van der Waals surface area contributed by atoms with Gasteiger partial charge in [-0.15, -0.1) is 11.6 Å². The van der Waals surface area contributed by atoms with Crippen LogP contribution in [0.4, 0.5) is 4.39 Å². The lowest BCUT2D eigenvalue weighted by atomic mass is 10.1. The predicted octanol–water partition coefficient (Wildman–Crippen LogP) is 5.09. The van der Waals surface area contributed by atoms with Gasteiger partial charge in [-0.25, -0.2) is 4.39 Å². The number of rotatable bonds is 10. The summed E-state index contributed by atoms with van der Waals surface area (Å²) in [4.78, 5) is 0. The quantitative estimate of drug-likeness (QED) is 0.357. The first kappa shape index (κ1) is 14.2. The molecule has 0 aliphatic carbocycles. The molecule has 0 heterocycles. The molecule has 0 fully saturated rings. The van der Waals surface area contributed by atoms with Gasteiger partial charge in [0.25, 0.3) is 0 Å². The highest BCUT2D eigenvalue weighted by Gasteiger charge is 2.02. The van der Waals surface area contributed by atoms with Crippen molar-refractivity contribution in [3.8, 4) is 0 Å². The highest BCUT2D eigenvalue weighted by molar-refractivity contribution is 6.18. The zero-order valence-electron chi connectivity index (χ0n) is 9.40. The van der Waals surface area contributed by atoms with E-state index in [1.165, 1.54) is 44.9 Å². The topological polar surface area (TPSA) is 0 Å². The van der Waals surface area contributed by atoms with Crippen molar-refractivity contribution >= 4 is 11.6 Å². The summed E-state index contributed by atoms with van der Waals surface area (Å²) in [6.45, 7) is 2.23. The summed E-state index contributed by atoms with van der Waals surface area (Å²) in [5.74, 6) is 0.163. The van der Waals surface area contributed by atoms with Crippen molar-refractivity contribution in [2.75, 3.05) is 5.88 Å². The van der Waals surface area contributed by atoms with Gasteiger partial charge in [-0.2, -0.15) is 0 Å². The Hall–Kier alpha value is 0.220. The number of hydrogen-bond acceptors (Lipinski definition) is 0. The summed E-state index contributed by atoms with van der Waals surface area (Å²) in [5, 5.41) is 0. The zero-order chi connectivity index (χ0) is 10.6. The number of alkyl halides is 2. The van der Waals surface area contributed by atoms with Gasteiger partial charge >= 0.3 is 0 Å². The Morgan fingerprint density at radius 3 is 1.93 bits per heavy atom. The summed E-state index contributed by atoms with van der Waals surface area (Å²) >= 11 is 5.37. The van der Waals surface area contributed by atoms with Gasteiger partial charge in [0.15, 0.2) is 0 Å². The molecular weight excluding hydrogens is 199 g/mol. The van der Waals surface area contributed by atoms with Crippen LogP contribution in [-0.2, 0) is 0 Å². The van der Waals surface area contributed by atoms with Gasteiger partial charge in [-0.1, -0.05) is 58.3 Å². The lowest BCUT2D eigenvalue weighted by molar-refractivity contribution is 0.333. The van der Waals surface area contributed by atoms with E-state index in [1.54, 1.807) is 0 Å². The first-order chi connectivity index (χ1) is 6.81. The van der Waals surface area contributed by atoms with Gasteiger partial charge in [-0.3, -0.25) is 0 Å². The second kappa shape index (κ2) is 11.3. The molecule has 0 aromatic carbocycles. The molecule has 0 bridgehead atoms. The van der Waals surface area contributed by atoms with Crippen molar-refractivity contribution in [2.24, 2.45) is 0 Å². The summed E-state index contributed by atoms with van der Waals surface area (Å²) in [5.41, 5.74) is 0. The van der Waals surface area contributed by atoms with Crippen LogP contribution in [-0.4, -0.2) is 12.1 Å². The zero-order valence-corrected chi connectivity index (χ0v) is 10.2. The Bertz CT molecular complexity index is 106. The average Bonchev–Trinajstić information content (AvgIpc) is 2.21. The lowest BCUT2D eigenvalue weighted by Gasteiger charge is -2.03. The van der Waals surface area contributed by atoms with Crippen LogP contribution in [0.5, 0.6) is 0 Å². The van der Waals surface area contributed by atoms with Gasteiger partial charge in [-0.05, 0) is 6.42 Å². The predicted molar refractivity (Wildman–Crippen MR) is 62.8 cm³/mol. The highest BCUT2D eigenvalue weighted by atomic mass is 35.5. The Balaban J connectivity index is 2.92. The van der Waals surface area contributed by atoms with E-state index in [9.17, 15) is 4.39 Å². The Kier molecular flexibility index (Phi) is 11.5. The molecule has 1 unspecified atom stereocenters. The summed E-state index contributed by atoms with van der Waals surface area (Å²) in [6, 6.07) is 0. The summed E-state index contributed by atoms with van der Waals surface area (Å²) in [7, 11) is 0. The maximum atomic E-state index is 12.7. The van der Waals surface area contributed by atoms with Crippen molar-refractivity contribution in [2.45, 2.75) is 70.9 Å². The van der Waals surface area contributed by atoms with Gasteiger partial charge < -0.3 is 0 Å². The van der Waals surface area contributed by atoms with Gasteiger partial charge in [0.1, 0.15) is 6.17 Å². The minimum Gasteiger partial charge on any atom is -0.246 e. The standard InChI is InChI=1S/C12H24ClF/c1-2-3-4-5-6-7-8-9-10-12(14)11-13/h12H,2-11H2,1H3. The van der Waals surface area contributed by atoms with E-state index in [0.717, 1.165) is 6.42 Å². The Morgan fingerprint density at radius 2 is 1.43 bits per heavy atom. The minimum absolute atomic E-state index is 0.163. The van der Waals surface area contributed by atoms with Crippen molar-refractivity contribution in [3.63, 3.8) is 0 Å². The van der Waals surface area contributed by atoms with Crippen LogP contribution in [0.15, 0.2) is 0 Å². The maximum absolute atomic E-state index is 12.7. The molecule has 0 nitrogen and oxygen atoms in total. The van der Waals surface area contributed by atoms with Crippen LogP contribution in [0.3, 0.4) is 0 Å². The fourth-order valence-corrected chi connectivity index (χ4v) is 1.73. The van der Waals surface area contributed by atoms with Crippen molar-refractivity contribution in [1.82, 2.24) is 0 Å². The van der Waals surface area contributed by atoms with E-state index in [4.69, 9.17) is 11.6 Å². The second-order valence-corrected chi connectivity index (χ2v) is 4.32. The first-order valence-corrected chi connectivity index (χ1v) is 6.54. The molecule has 0 aliphatic rings. The largest absolute Gasteiger partial charge is 0.246 e. The minimum atomic E-state index is -0.781. The van der Waals surface area contributed by atoms with Crippen molar-refractivity contribution in [3.05, 3.63) is 0 Å². The second-order valence-electron chi connectivity index (χ2n) is 4.02. The maximum Gasteiger partial charge on any atom is 0.114 e. The SMILES string of the molecule is CCCCCCCCCCC(F)CCl. The molecule has 0 aliphatic heterocycles. The molecule has 1 atom stereocenters. The third-order valence-electron chi connectivity index (χ3n) is 2.54. The smallest absolute Gasteiger partial charge is 0.114 e. The molecule has 2 heteroatoms. The highest BCUT2D eigenvalue weighted by Crippen LogP contribution is 2.12. The van der Waals surface area contributed by atoms with E-state index >= 15 is 0 Å². The molecule has 0 N–H and O–H groups in total. The van der Waals surface area contributed by atoms with E-state index in [-0.39, 0.29) is 5.88 Å². The first-order valence-electron chi connectivity index (χ1n) is 6.01. The Labute approximate surface area is 93.2 Å². The fourth-order valence-electron chi connectivity index (χ4n) is 1.58. The van der Waals surface area contributed by atoms with Crippen LogP contribution < -0.4 is 0 Å². The van der Waals surface area contributed by atoms with Crippen LogP contribution in [0.2, 0.25) is 0 Å². The summed E-state index contributed by atoms with van der Waals surface area (Å²) < 4.78 is 12.7. The summed E-state index contributed by atoms with van der Waals surface area (Å²) in [6.07, 6.45) is 10.0. The molecular formula is C12H24ClF. The number of hydrogen-bond donors (Lipinski definition) is 0. The van der Waals surface area contributed by atoms with E-state index in [1.807, 2.05) is 0 Å². The molecule has 86 valence electrons.